The van der Waals surface area contributed by atoms with E-state index in [0.717, 1.165) is 6.08 Å². The van der Waals surface area contributed by atoms with Crippen LogP contribution in [-0.4, -0.2) is 22.9 Å². The number of nitrogens with zero attached hydrogens (tertiary/aromatic N) is 1. The zero-order valence-electron chi connectivity index (χ0n) is 12.1. The van der Waals surface area contributed by atoms with Gasteiger partial charge in [-0.3, -0.25) is 14.5 Å². The number of benzene rings is 1. The Balaban J connectivity index is 1.91. The second kappa shape index (κ2) is 6.01. The third kappa shape index (κ3) is 2.92. The smallest absolute Gasteiger partial charge is 0.328 e. The fraction of sp³-hybridized carbons (Fsp3) is 0.235. The number of fused-ring (bicyclic) bond motifs is 1. The molecule has 2 atom stereocenters. The maximum absolute atomic E-state index is 12.6. The van der Waals surface area contributed by atoms with E-state index in [-0.39, 0.29) is 17.7 Å². The topological polar surface area (TPSA) is 74.7 Å². The molecule has 5 nitrogen and oxygen atoms in total. The monoisotopic (exact) mass is 331 g/mol. The number of carbonyl (C=O) groups is 3. The molecule has 0 spiro atoms. The van der Waals surface area contributed by atoms with Crippen LogP contribution in [0.4, 0.5) is 5.69 Å². The fourth-order valence-electron chi connectivity index (χ4n) is 3.02. The molecule has 1 aromatic carbocycles. The minimum absolute atomic E-state index is 0.222. The van der Waals surface area contributed by atoms with Crippen molar-refractivity contribution in [1.82, 2.24) is 0 Å². The first-order valence-electron chi connectivity index (χ1n) is 7.21. The number of allylic oxidation sites excluding steroid dienone is 2. The minimum Gasteiger partial charge on any atom is -0.478 e. The Kier molecular flexibility index (Phi) is 4.05. The van der Waals surface area contributed by atoms with E-state index in [1.54, 1.807) is 30.3 Å². The second-order valence-electron chi connectivity index (χ2n) is 5.58. The van der Waals surface area contributed by atoms with Crippen molar-refractivity contribution in [1.29, 1.82) is 0 Å². The van der Waals surface area contributed by atoms with Crippen molar-refractivity contribution >= 4 is 41.1 Å². The van der Waals surface area contributed by atoms with Crippen molar-refractivity contribution in [3.63, 3.8) is 0 Å². The van der Waals surface area contributed by atoms with Gasteiger partial charge in [-0.25, -0.2) is 4.79 Å². The lowest BCUT2D eigenvalue weighted by Gasteiger charge is -2.17. The van der Waals surface area contributed by atoms with Gasteiger partial charge in [0.05, 0.1) is 17.5 Å². The molecule has 2 amide bonds. The van der Waals surface area contributed by atoms with Crippen molar-refractivity contribution < 1.29 is 19.5 Å². The number of amides is 2. The third-order valence-corrected chi connectivity index (χ3v) is 4.42. The Morgan fingerprint density at radius 2 is 2.00 bits per heavy atom. The Morgan fingerprint density at radius 3 is 2.74 bits per heavy atom. The van der Waals surface area contributed by atoms with Gasteiger partial charge in [-0.2, -0.15) is 0 Å². The van der Waals surface area contributed by atoms with Gasteiger partial charge in [-0.15, -0.1) is 0 Å². The van der Waals surface area contributed by atoms with E-state index in [1.165, 1.54) is 11.0 Å². The van der Waals surface area contributed by atoms with Crippen LogP contribution in [0, 0.1) is 11.8 Å². The van der Waals surface area contributed by atoms with E-state index in [0.29, 0.717) is 29.1 Å². The number of hydrogen-bond donors (Lipinski definition) is 1. The summed E-state index contributed by atoms with van der Waals surface area (Å²) in [5.74, 6) is -2.29. The average molecular weight is 332 g/mol. The lowest BCUT2D eigenvalue weighted by atomic mass is 9.85. The Hall–Kier alpha value is -2.40. The standard InChI is InChI=1S/C17H14ClNO4/c18-11-5-6-13-14(9-11)17(23)19(16(13)22)12-3-1-2-10(8-12)4-7-15(20)21/h1-5,7-8,13-14H,6,9H2,(H,20,21)/b7-4+/t13-,14-/m1/s1. The van der Waals surface area contributed by atoms with E-state index in [1.807, 2.05) is 0 Å². The van der Waals surface area contributed by atoms with Gasteiger partial charge in [0, 0.05) is 11.1 Å². The normalized spacial score (nSPS) is 24.0. The fourth-order valence-corrected chi connectivity index (χ4v) is 3.27. The highest BCUT2D eigenvalue weighted by Crippen LogP contribution is 2.40. The largest absolute Gasteiger partial charge is 0.478 e. The Labute approximate surface area is 137 Å². The van der Waals surface area contributed by atoms with Gasteiger partial charge in [-0.1, -0.05) is 29.8 Å². The maximum Gasteiger partial charge on any atom is 0.328 e. The summed E-state index contributed by atoms with van der Waals surface area (Å²) in [7, 11) is 0. The molecule has 0 bridgehead atoms. The van der Waals surface area contributed by atoms with Gasteiger partial charge in [0.25, 0.3) is 0 Å². The van der Waals surface area contributed by atoms with Crippen LogP contribution in [0.2, 0.25) is 0 Å². The van der Waals surface area contributed by atoms with Crippen LogP contribution in [0.5, 0.6) is 0 Å². The van der Waals surface area contributed by atoms with Crippen LogP contribution in [-0.2, 0) is 14.4 Å². The Bertz CT molecular complexity index is 753. The molecule has 0 aromatic heterocycles. The SMILES string of the molecule is O=C(O)/C=C/c1cccc(N2C(=O)[C@@H]3CC=C(Cl)C[C@H]3C2=O)c1. The summed E-state index contributed by atoms with van der Waals surface area (Å²) in [6, 6.07) is 6.69. The summed E-state index contributed by atoms with van der Waals surface area (Å²) in [4.78, 5) is 36.9. The van der Waals surface area contributed by atoms with Crippen molar-refractivity contribution in [2.75, 3.05) is 4.90 Å². The van der Waals surface area contributed by atoms with E-state index < -0.39 is 11.9 Å². The van der Waals surface area contributed by atoms with E-state index in [2.05, 4.69) is 0 Å². The second-order valence-corrected chi connectivity index (χ2v) is 6.07. The lowest BCUT2D eigenvalue weighted by molar-refractivity contribution is -0.131. The van der Waals surface area contributed by atoms with Gasteiger partial charge in [0.2, 0.25) is 11.8 Å². The molecule has 1 aliphatic heterocycles. The highest BCUT2D eigenvalue weighted by atomic mass is 35.5. The van der Waals surface area contributed by atoms with E-state index in [4.69, 9.17) is 16.7 Å². The molecule has 1 heterocycles. The minimum atomic E-state index is -1.06. The van der Waals surface area contributed by atoms with Gasteiger partial charge in [0.15, 0.2) is 0 Å². The number of aliphatic carboxylic acids is 1. The molecule has 0 unspecified atom stereocenters. The summed E-state index contributed by atoms with van der Waals surface area (Å²) in [6.45, 7) is 0. The summed E-state index contributed by atoms with van der Waals surface area (Å²) in [5, 5.41) is 9.30. The molecule has 2 aliphatic rings. The number of carboxylic acid groups (broad SMARTS) is 1. The summed E-state index contributed by atoms with van der Waals surface area (Å²) in [6.07, 6.45) is 5.09. The van der Waals surface area contributed by atoms with Crippen molar-refractivity contribution in [2.45, 2.75) is 12.8 Å². The van der Waals surface area contributed by atoms with Crippen LogP contribution in [0.3, 0.4) is 0 Å². The van der Waals surface area contributed by atoms with E-state index in [9.17, 15) is 14.4 Å². The predicted octanol–water partition coefficient (Wildman–Crippen LogP) is 2.81. The van der Waals surface area contributed by atoms with Crippen LogP contribution in [0.25, 0.3) is 6.08 Å². The van der Waals surface area contributed by atoms with E-state index >= 15 is 0 Å². The third-order valence-electron chi connectivity index (χ3n) is 4.12. The molecular formula is C17H14ClNO4. The first kappa shape index (κ1) is 15.5. The molecule has 3 rings (SSSR count). The van der Waals surface area contributed by atoms with Gasteiger partial charge in [0.1, 0.15) is 0 Å². The zero-order chi connectivity index (χ0) is 16.6. The number of hydrogen-bond acceptors (Lipinski definition) is 3. The molecule has 0 saturated carbocycles. The van der Waals surface area contributed by atoms with Crippen molar-refractivity contribution in [2.24, 2.45) is 11.8 Å². The number of carbonyl (C=O) groups excluding carboxylic acids is 2. The van der Waals surface area contributed by atoms with Crippen LogP contribution < -0.4 is 4.90 Å². The number of anilines is 1. The van der Waals surface area contributed by atoms with Crippen molar-refractivity contribution in [3.8, 4) is 0 Å². The predicted molar refractivity (Wildman–Crippen MR) is 85.8 cm³/mol. The molecule has 6 heteroatoms. The molecule has 1 N–H and O–H groups in total. The van der Waals surface area contributed by atoms with Crippen LogP contribution >= 0.6 is 11.6 Å². The number of imide groups is 1. The first-order valence-corrected chi connectivity index (χ1v) is 7.58. The molecule has 1 aromatic rings. The summed E-state index contributed by atoms with van der Waals surface area (Å²) >= 11 is 6.00. The maximum atomic E-state index is 12.6. The number of halogens is 1. The summed E-state index contributed by atoms with van der Waals surface area (Å²) in [5.41, 5.74) is 1.06. The van der Waals surface area contributed by atoms with Gasteiger partial charge < -0.3 is 5.11 Å². The van der Waals surface area contributed by atoms with Gasteiger partial charge in [-0.05, 0) is 36.6 Å². The molecule has 118 valence electrons. The molecular weight excluding hydrogens is 318 g/mol. The Morgan fingerprint density at radius 1 is 1.26 bits per heavy atom. The van der Waals surface area contributed by atoms with Crippen LogP contribution in [0.15, 0.2) is 41.4 Å². The molecule has 1 saturated heterocycles. The number of carboxylic acids is 1. The quantitative estimate of drug-likeness (QED) is 0.682. The lowest BCUT2D eigenvalue weighted by Crippen LogP contribution is -2.30. The molecule has 1 aliphatic carbocycles. The molecule has 0 radical (unpaired) electrons. The molecule has 1 fully saturated rings. The van der Waals surface area contributed by atoms with Gasteiger partial charge >= 0.3 is 5.97 Å². The highest BCUT2D eigenvalue weighted by molar-refractivity contribution is 6.30. The highest BCUT2D eigenvalue weighted by Gasteiger charge is 2.48. The first-order chi connectivity index (χ1) is 11.0. The van der Waals surface area contributed by atoms with Crippen LogP contribution in [0.1, 0.15) is 18.4 Å². The zero-order valence-corrected chi connectivity index (χ0v) is 12.9. The summed E-state index contributed by atoms with van der Waals surface area (Å²) < 4.78 is 0. The number of rotatable bonds is 3. The average Bonchev–Trinajstić information content (AvgIpc) is 2.76. The van der Waals surface area contributed by atoms with Crippen molar-refractivity contribution in [3.05, 3.63) is 47.0 Å². The molecule has 23 heavy (non-hydrogen) atoms.